The van der Waals surface area contributed by atoms with Crippen LogP contribution in [0.4, 0.5) is 5.69 Å². The second-order valence-electron chi connectivity index (χ2n) is 7.96. The summed E-state index contributed by atoms with van der Waals surface area (Å²) in [6.07, 6.45) is 5.29. The summed E-state index contributed by atoms with van der Waals surface area (Å²) in [7, 11) is 1.47. The summed E-state index contributed by atoms with van der Waals surface area (Å²) < 4.78 is 11.7. The summed E-state index contributed by atoms with van der Waals surface area (Å²) >= 11 is 5.71. The number of ether oxygens (including phenoxy) is 1. The van der Waals surface area contributed by atoms with E-state index >= 15 is 0 Å². The molecule has 10 heteroatoms. The van der Waals surface area contributed by atoms with Crippen molar-refractivity contribution in [3.63, 3.8) is 0 Å². The Kier molecular flexibility index (Phi) is 6.11. The van der Waals surface area contributed by atoms with Gasteiger partial charge in [-0.05, 0) is 54.2 Å². The van der Waals surface area contributed by atoms with Gasteiger partial charge in [0.05, 0.1) is 35.4 Å². The second-order valence-corrected chi connectivity index (χ2v) is 8.35. The normalized spacial score (nSPS) is 17.3. The van der Waals surface area contributed by atoms with Crippen molar-refractivity contribution in [2.75, 3.05) is 7.11 Å². The maximum absolute atomic E-state index is 11.2. The molecule has 0 unspecified atom stereocenters. The fourth-order valence-corrected chi connectivity index (χ4v) is 4.53. The van der Waals surface area contributed by atoms with Gasteiger partial charge in [-0.3, -0.25) is 20.1 Å². The van der Waals surface area contributed by atoms with Crippen LogP contribution in [0.15, 0.2) is 83.7 Å². The number of nitro benzene ring substituents is 1. The SMILES string of the molecule is COc1cc([N+](=O)[O-])ccc1-c1ccc([C@@H]2[C@@H](c3ccccn3)NC(=S)N2Cc2cccnc2)o1. The fraction of sp³-hybridized carbons (Fsp3) is 0.160. The Morgan fingerprint density at radius 1 is 1.17 bits per heavy atom. The zero-order valence-electron chi connectivity index (χ0n) is 18.7. The summed E-state index contributed by atoms with van der Waals surface area (Å²) in [4.78, 5) is 21.5. The zero-order chi connectivity index (χ0) is 24.4. The molecule has 1 aliphatic rings. The van der Waals surface area contributed by atoms with E-state index in [0.29, 0.717) is 34.5 Å². The Hall–Kier alpha value is -4.31. The number of rotatable bonds is 7. The number of nitrogens with one attached hydrogen (secondary N) is 1. The molecule has 4 heterocycles. The molecule has 4 aromatic rings. The van der Waals surface area contributed by atoms with E-state index < -0.39 is 4.92 Å². The van der Waals surface area contributed by atoms with Gasteiger partial charge in [0.25, 0.3) is 5.69 Å². The molecule has 0 saturated carbocycles. The Morgan fingerprint density at radius 2 is 2.06 bits per heavy atom. The van der Waals surface area contributed by atoms with Gasteiger partial charge in [0.2, 0.25) is 0 Å². The molecule has 0 amide bonds. The minimum absolute atomic E-state index is 0.0550. The average Bonchev–Trinajstić information content (AvgIpc) is 3.49. The van der Waals surface area contributed by atoms with Crippen LogP contribution in [0, 0.1) is 10.1 Å². The molecule has 2 atom stereocenters. The minimum atomic E-state index is -0.460. The predicted molar refractivity (Wildman–Crippen MR) is 133 cm³/mol. The topological polar surface area (TPSA) is 107 Å². The smallest absolute Gasteiger partial charge is 0.273 e. The molecular weight excluding hydrogens is 466 g/mol. The number of benzene rings is 1. The van der Waals surface area contributed by atoms with Gasteiger partial charge in [-0.1, -0.05) is 12.1 Å². The molecule has 1 fully saturated rings. The Bertz CT molecular complexity index is 1360. The number of aromatic nitrogens is 2. The highest BCUT2D eigenvalue weighted by atomic mass is 32.1. The van der Waals surface area contributed by atoms with E-state index in [2.05, 4.69) is 20.2 Å². The molecule has 0 spiro atoms. The molecule has 0 radical (unpaired) electrons. The number of hydrogen-bond donors (Lipinski definition) is 1. The average molecular weight is 488 g/mol. The van der Waals surface area contributed by atoms with Gasteiger partial charge in [0.1, 0.15) is 23.3 Å². The number of methoxy groups -OCH3 is 1. The van der Waals surface area contributed by atoms with Gasteiger partial charge >= 0.3 is 0 Å². The summed E-state index contributed by atoms with van der Waals surface area (Å²) in [6.45, 7) is 0.532. The van der Waals surface area contributed by atoms with Crippen LogP contribution in [-0.2, 0) is 6.54 Å². The summed E-state index contributed by atoms with van der Waals surface area (Å²) in [5, 5.41) is 15.2. The predicted octanol–water partition coefficient (Wildman–Crippen LogP) is 4.83. The van der Waals surface area contributed by atoms with Crippen molar-refractivity contribution in [2.24, 2.45) is 0 Å². The third-order valence-electron chi connectivity index (χ3n) is 5.85. The maximum atomic E-state index is 11.2. The molecule has 1 aliphatic heterocycles. The van der Waals surface area contributed by atoms with Crippen molar-refractivity contribution in [2.45, 2.75) is 18.6 Å². The van der Waals surface area contributed by atoms with Crippen molar-refractivity contribution >= 4 is 23.0 Å². The Balaban J connectivity index is 1.54. The lowest BCUT2D eigenvalue weighted by Crippen LogP contribution is -2.29. The quantitative estimate of drug-likeness (QED) is 0.223. The monoisotopic (exact) mass is 487 g/mol. The number of furan rings is 1. The summed E-state index contributed by atoms with van der Waals surface area (Å²) in [5.41, 5.74) is 2.40. The number of hydrogen-bond acceptors (Lipinski definition) is 7. The third-order valence-corrected chi connectivity index (χ3v) is 6.21. The molecule has 35 heavy (non-hydrogen) atoms. The van der Waals surface area contributed by atoms with Gasteiger partial charge in [-0.15, -0.1) is 0 Å². The molecule has 0 aliphatic carbocycles. The van der Waals surface area contributed by atoms with Crippen LogP contribution >= 0.6 is 12.2 Å². The largest absolute Gasteiger partial charge is 0.496 e. The number of non-ortho nitro benzene ring substituents is 1. The van der Waals surface area contributed by atoms with E-state index in [0.717, 1.165) is 11.3 Å². The second kappa shape index (κ2) is 9.51. The summed E-state index contributed by atoms with van der Waals surface area (Å²) in [5.74, 6) is 1.56. The van der Waals surface area contributed by atoms with Crippen molar-refractivity contribution < 1.29 is 14.1 Å². The van der Waals surface area contributed by atoms with Crippen LogP contribution in [0.1, 0.15) is 29.1 Å². The first-order valence-corrected chi connectivity index (χ1v) is 11.3. The molecule has 0 bridgehead atoms. The molecule has 176 valence electrons. The van der Waals surface area contributed by atoms with E-state index in [4.69, 9.17) is 21.4 Å². The number of nitrogens with zero attached hydrogens (tertiary/aromatic N) is 4. The molecule has 5 rings (SSSR count). The molecule has 9 nitrogen and oxygen atoms in total. The van der Waals surface area contributed by atoms with Crippen molar-refractivity contribution in [3.05, 3.63) is 106 Å². The summed E-state index contributed by atoms with van der Waals surface area (Å²) in [6, 6.07) is 17.3. The van der Waals surface area contributed by atoms with E-state index in [-0.39, 0.29) is 17.8 Å². The van der Waals surface area contributed by atoms with Gasteiger partial charge in [-0.25, -0.2) is 0 Å². The number of nitro groups is 1. The lowest BCUT2D eigenvalue weighted by molar-refractivity contribution is -0.384. The van der Waals surface area contributed by atoms with E-state index in [1.165, 1.54) is 19.2 Å². The first-order chi connectivity index (χ1) is 17.0. The van der Waals surface area contributed by atoms with Crippen molar-refractivity contribution in [3.8, 4) is 17.1 Å². The first-order valence-electron chi connectivity index (χ1n) is 10.8. The minimum Gasteiger partial charge on any atom is -0.496 e. The Morgan fingerprint density at radius 3 is 2.77 bits per heavy atom. The van der Waals surface area contributed by atoms with Crippen LogP contribution in [0.25, 0.3) is 11.3 Å². The standard InChI is InChI=1S/C25H21N5O4S/c1-33-22-13-17(30(31)32)7-8-18(22)20-9-10-21(34-20)24-23(19-6-2-3-12-27-19)28-25(35)29(24)15-16-5-4-11-26-14-16/h2-14,23-24H,15H2,1H3,(H,28,35)/t23-,24-/m1/s1. The molecular formula is C25H21N5O4S. The highest BCUT2D eigenvalue weighted by Gasteiger charge is 2.41. The van der Waals surface area contributed by atoms with Crippen LogP contribution in [-0.4, -0.2) is 32.0 Å². The highest BCUT2D eigenvalue weighted by Crippen LogP contribution is 2.42. The van der Waals surface area contributed by atoms with Crippen LogP contribution in [0.2, 0.25) is 0 Å². The lowest BCUT2D eigenvalue weighted by atomic mass is 10.0. The van der Waals surface area contributed by atoms with E-state index in [1.807, 2.05) is 48.7 Å². The maximum Gasteiger partial charge on any atom is 0.273 e. The van der Waals surface area contributed by atoms with E-state index in [1.54, 1.807) is 18.5 Å². The lowest BCUT2D eigenvalue weighted by Gasteiger charge is -2.26. The zero-order valence-corrected chi connectivity index (χ0v) is 19.5. The van der Waals surface area contributed by atoms with Gasteiger partial charge in [-0.2, -0.15) is 0 Å². The van der Waals surface area contributed by atoms with Crippen LogP contribution < -0.4 is 10.1 Å². The van der Waals surface area contributed by atoms with E-state index in [9.17, 15) is 10.1 Å². The number of pyridine rings is 2. The Labute approximate surface area is 206 Å². The van der Waals surface area contributed by atoms with Crippen molar-refractivity contribution in [1.29, 1.82) is 0 Å². The molecule has 3 aromatic heterocycles. The molecule has 1 aromatic carbocycles. The molecule has 1 saturated heterocycles. The highest BCUT2D eigenvalue weighted by molar-refractivity contribution is 7.80. The van der Waals surface area contributed by atoms with Gasteiger partial charge < -0.3 is 19.4 Å². The molecule has 1 N–H and O–H groups in total. The van der Waals surface area contributed by atoms with Crippen molar-refractivity contribution in [1.82, 2.24) is 20.2 Å². The third kappa shape index (κ3) is 4.43. The van der Waals surface area contributed by atoms with Gasteiger partial charge in [0, 0.05) is 31.2 Å². The number of thiocarbonyl (C=S) groups is 1. The first kappa shape index (κ1) is 22.5. The van der Waals surface area contributed by atoms with Crippen LogP contribution in [0.5, 0.6) is 5.75 Å². The van der Waals surface area contributed by atoms with Crippen LogP contribution in [0.3, 0.4) is 0 Å². The van der Waals surface area contributed by atoms with Gasteiger partial charge in [0.15, 0.2) is 5.11 Å². The fourth-order valence-electron chi connectivity index (χ4n) is 4.23.